The molecule has 0 bridgehead atoms. The van der Waals surface area contributed by atoms with Crippen molar-refractivity contribution in [2.75, 3.05) is 0 Å². The molecule has 1 aromatic heterocycles. The van der Waals surface area contributed by atoms with Crippen molar-refractivity contribution in [2.45, 2.75) is 6.10 Å². The van der Waals surface area contributed by atoms with Crippen molar-refractivity contribution in [1.29, 1.82) is 0 Å². The maximum absolute atomic E-state index is 10.5. The average Bonchev–Trinajstić information content (AvgIpc) is 2.92. The zero-order valence-corrected chi connectivity index (χ0v) is 11.4. The molecule has 0 saturated carbocycles. The van der Waals surface area contributed by atoms with Gasteiger partial charge in [0.15, 0.2) is 0 Å². The van der Waals surface area contributed by atoms with Crippen molar-refractivity contribution in [3.8, 4) is 0 Å². The number of rotatable bonds is 2. The van der Waals surface area contributed by atoms with Crippen molar-refractivity contribution in [2.24, 2.45) is 0 Å². The summed E-state index contributed by atoms with van der Waals surface area (Å²) in [5.74, 6) is 0. The monoisotopic (exact) mass is 274 g/mol. The lowest BCUT2D eigenvalue weighted by atomic mass is 10.0. The maximum atomic E-state index is 10.5. The maximum Gasteiger partial charge on any atom is 0.135 e. The summed E-state index contributed by atoms with van der Waals surface area (Å²) in [6, 6.07) is 23.5. The standard InChI is InChI=1S/C19H14O2/c20-19(13-6-2-1-3-7-13)14-10-11-16-15-8-4-5-9-17(15)21-18(16)12-14/h1-12,19-20H. The first kappa shape index (κ1) is 12.2. The summed E-state index contributed by atoms with van der Waals surface area (Å²) in [5, 5.41) is 12.7. The number of hydrogen-bond acceptors (Lipinski definition) is 2. The summed E-state index contributed by atoms with van der Waals surface area (Å²) in [6.45, 7) is 0. The van der Waals surface area contributed by atoms with Gasteiger partial charge in [0.25, 0.3) is 0 Å². The second-order valence-electron chi connectivity index (χ2n) is 5.17. The molecule has 1 unspecified atom stereocenters. The topological polar surface area (TPSA) is 33.4 Å². The first-order chi connectivity index (χ1) is 10.3. The van der Waals surface area contributed by atoms with E-state index in [1.54, 1.807) is 0 Å². The van der Waals surface area contributed by atoms with Gasteiger partial charge in [0.2, 0.25) is 0 Å². The smallest absolute Gasteiger partial charge is 0.135 e. The third-order valence-electron chi connectivity index (χ3n) is 3.83. The molecule has 102 valence electrons. The minimum absolute atomic E-state index is 0.635. The van der Waals surface area contributed by atoms with Gasteiger partial charge < -0.3 is 9.52 Å². The SMILES string of the molecule is OC(c1ccccc1)c1ccc2c(c1)oc1ccccc12. The van der Waals surface area contributed by atoms with Crippen LogP contribution < -0.4 is 0 Å². The third-order valence-corrected chi connectivity index (χ3v) is 3.83. The molecule has 0 aliphatic heterocycles. The first-order valence-electron chi connectivity index (χ1n) is 6.97. The molecular weight excluding hydrogens is 260 g/mol. The fourth-order valence-corrected chi connectivity index (χ4v) is 2.74. The van der Waals surface area contributed by atoms with Crippen molar-refractivity contribution in [3.63, 3.8) is 0 Å². The van der Waals surface area contributed by atoms with Crippen LogP contribution >= 0.6 is 0 Å². The molecule has 4 aromatic rings. The Bertz CT molecular complexity index is 907. The fraction of sp³-hybridized carbons (Fsp3) is 0.0526. The lowest BCUT2D eigenvalue weighted by molar-refractivity contribution is 0.220. The van der Waals surface area contributed by atoms with Crippen LogP contribution in [-0.4, -0.2) is 5.11 Å². The molecule has 1 N–H and O–H groups in total. The second-order valence-corrected chi connectivity index (χ2v) is 5.17. The number of fused-ring (bicyclic) bond motifs is 3. The van der Waals surface area contributed by atoms with Crippen molar-refractivity contribution in [3.05, 3.63) is 83.9 Å². The van der Waals surface area contributed by atoms with Crippen molar-refractivity contribution < 1.29 is 9.52 Å². The average molecular weight is 274 g/mol. The van der Waals surface area contributed by atoms with E-state index in [0.29, 0.717) is 0 Å². The number of hydrogen-bond donors (Lipinski definition) is 1. The Morgan fingerprint density at radius 1 is 0.667 bits per heavy atom. The molecule has 0 spiro atoms. The van der Waals surface area contributed by atoms with Crippen LogP contribution in [0.15, 0.2) is 77.2 Å². The van der Waals surface area contributed by atoms with Gasteiger partial charge in [-0.15, -0.1) is 0 Å². The Kier molecular flexibility index (Phi) is 2.76. The second kappa shape index (κ2) is 4.76. The highest BCUT2D eigenvalue weighted by Crippen LogP contribution is 2.31. The zero-order valence-electron chi connectivity index (χ0n) is 11.4. The van der Waals surface area contributed by atoms with Crippen molar-refractivity contribution in [1.82, 2.24) is 0 Å². The third kappa shape index (κ3) is 2.01. The van der Waals surface area contributed by atoms with E-state index < -0.39 is 6.10 Å². The van der Waals surface area contributed by atoms with Crippen LogP contribution in [0.5, 0.6) is 0 Å². The Labute approximate surface area is 122 Å². The quantitative estimate of drug-likeness (QED) is 0.576. The summed E-state index contributed by atoms with van der Waals surface area (Å²) in [7, 11) is 0. The van der Waals surface area contributed by atoms with Gasteiger partial charge in [0.1, 0.15) is 17.3 Å². The van der Waals surface area contributed by atoms with E-state index in [1.807, 2.05) is 66.7 Å². The molecule has 0 aliphatic rings. The molecule has 0 amide bonds. The molecule has 3 aromatic carbocycles. The molecule has 2 nitrogen and oxygen atoms in total. The molecule has 1 atom stereocenters. The summed E-state index contributed by atoms with van der Waals surface area (Å²) >= 11 is 0. The van der Waals surface area contributed by atoms with E-state index in [9.17, 15) is 5.11 Å². The summed E-state index contributed by atoms with van der Waals surface area (Å²) in [6.07, 6.45) is -0.635. The molecule has 0 radical (unpaired) electrons. The highest BCUT2D eigenvalue weighted by molar-refractivity contribution is 6.04. The van der Waals surface area contributed by atoms with Crippen molar-refractivity contribution >= 4 is 21.9 Å². The van der Waals surface area contributed by atoms with Crippen LogP contribution in [0.2, 0.25) is 0 Å². The van der Waals surface area contributed by atoms with Crippen LogP contribution in [0.4, 0.5) is 0 Å². The fourth-order valence-electron chi connectivity index (χ4n) is 2.74. The van der Waals surface area contributed by atoms with Gasteiger partial charge in [0, 0.05) is 10.8 Å². The van der Waals surface area contributed by atoms with Gasteiger partial charge in [-0.2, -0.15) is 0 Å². The van der Waals surface area contributed by atoms with Gasteiger partial charge in [-0.1, -0.05) is 60.7 Å². The summed E-state index contributed by atoms with van der Waals surface area (Å²) in [4.78, 5) is 0. The van der Waals surface area contributed by atoms with Gasteiger partial charge in [-0.25, -0.2) is 0 Å². The van der Waals surface area contributed by atoms with E-state index >= 15 is 0 Å². The number of aliphatic hydroxyl groups is 1. The van der Waals surface area contributed by atoms with E-state index in [2.05, 4.69) is 6.07 Å². The Hall–Kier alpha value is -2.58. The van der Waals surface area contributed by atoms with E-state index in [1.165, 1.54) is 0 Å². The first-order valence-corrected chi connectivity index (χ1v) is 6.97. The largest absolute Gasteiger partial charge is 0.456 e. The van der Waals surface area contributed by atoms with Crippen LogP contribution in [-0.2, 0) is 0 Å². The molecule has 0 aliphatic carbocycles. The van der Waals surface area contributed by atoms with Gasteiger partial charge in [0.05, 0.1) is 0 Å². The molecule has 1 heterocycles. The van der Waals surface area contributed by atoms with E-state index in [0.717, 1.165) is 33.1 Å². The number of para-hydroxylation sites is 1. The van der Waals surface area contributed by atoms with Gasteiger partial charge in [-0.3, -0.25) is 0 Å². The van der Waals surface area contributed by atoms with Crippen LogP contribution in [0.1, 0.15) is 17.2 Å². The van der Waals surface area contributed by atoms with Gasteiger partial charge >= 0.3 is 0 Å². The highest BCUT2D eigenvalue weighted by Gasteiger charge is 2.13. The number of benzene rings is 3. The highest BCUT2D eigenvalue weighted by atomic mass is 16.3. The Balaban J connectivity index is 1.85. The van der Waals surface area contributed by atoms with Crippen LogP contribution in [0.3, 0.4) is 0 Å². The van der Waals surface area contributed by atoms with E-state index in [4.69, 9.17) is 4.42 Å². The minimum Gasteiger partial charge on any atom is -0.456 e. The molecular formula is C19H14O2. The molecule has 4 rings (SSSR count). The van der Waals surface area contributed by atoms with Crippen LogP contribution in [0, 0.1) is 0 Å². The van der Waals surface area contributed by atoms with Crippen LogP contribution in [0.25, 0.3) is 21.9 Å². The summed E-state index contributed by atoms with van der Waals surface area (Å²) < 4.78 is 5.87. The summed E-state index contributed by atoms with van der Waals surface area (Å²) in [5.41, 5.74) is 3.41. The Morgan fingerprint density at radius 3 is 2.24 bits per heavy atom. The Morgan fingerprint density at radius 2 is 1.38 bits per heavy atom. The normalized spacial score (nSPS) is 12.8. The molecule has 0 saturated heterocycles. The lowest BCUT2D eigenvalue weighted by Gasteiger charge is -2.11. The lowest BCUT2D eigenvalue weighted by Crippen LogP contribution is -1.98. The number of furan rings is 1. The molecule has 21 heavy (non-hydrogen) atoms. The predicted molar refractivity (Wildman–Crippen MR) is 84.2 cm³/mol. The number of aliphatic hydroxyl groups excluding tert-OH is 1. The van der Waals surface area contributed by atoms with Gasteiger partial charge in [-0.05, 0) is 23.3 Å². The molecule has 2 heteroatoms. The molecule has 0 fully saturated rings. The predicted octanol–water partition coefficient (Wildman–Crippen LogP) is 4.67. The van der Waals surface area contributed by atoms with E-state index in [-0.39, 0.29) is 0 Å². The minimum atomic E-state index is -0.635. The zero-order chi connectivity index (χ0) is 14.2.